The van der Waals surface area contributed by atoms with Crippen LogP contribution in [0.3, 0.4) is 0 Å². The highest BCUT2D eigenvalue weighted by atomic mass is 16.5. The first-order chi connectivity index (χ1) is 14.3. The fourth-order valence-electron chi connectivity index (χ4n) is 3.86. The number of amides is 1. The largest absolute Gasteiger partial charge is 0.497 e. The first kappa shape index (κ1) is 19.9. The second-order valence-electron chi connectivity index (χ2n) is 8.65. The van der Waals surface area contributed by atoms with Crippen LogP contribution in [0.4, 0.5) is 5.69 Å². The lowest BCUT2D eigenvalue weighted by molar-refractivity contribution is -0.112. The molecule has 3 aromatic carbocycles. The van der Waals surface area contributed by atoms with E-state index in [2.05, 4.69) is 50.4 Å². The van der Waals surface area contributed by atoms with Crippen molar-refractivity contribution in [2.24, 2.45) is 0 Å². The van der Waals surface area contributed by atoms with Gasteiger partial charge >= 0.3 is 0 Å². The van der Waals surface area contributed by atoms with Gasteiger partial charge in [0.2, 0.25) is 0 Å². The molecule has 30 heavy (non-hydrogen) atoms. The predicted octanol–water partition coefficient (Wildman–Crippen LogP) is 5.39. The summed E-state index contributed by atoms with van der Waals surface area (Å²) in [7, 11) is 1.63. The number of hydrogen-bond donors (Lipinski definition) is 1. The van der Waals surface area contributed by atoms with E-state index in [1.54, 1.807) is 7.11 Å². The van der Waals surface area contributed by atoms with Gasteiger partial charge in [0.15, 0.2) is 0 Å². The van der Waals surface area contributed by atoms with Gasteiger partial charge in [-0.3, -0.25) is 9.59 Å². The number of hydrogen-bond acceptors (Lipinski definition) is 3. The summed E-state index contributed by atoms with van der Waals surface area (Å²) in [5.74, 6) is -0.258. The number of ether oxygens (including phenoxy) is 1. The number of fused-ring (bicyclic) bond motifs is 1. The average Bonchev–Trinajstić information content (AvgIpc) is 3.02. The van der Waals surface area contributed by atoms with Crippen molar-refractivity contribution in [3.05, 3.63) is 82.9 Å². The molecule has 0 bridgehead atoms. The summed E-state index contributed by atoms with van der Waals surface area (Å²) in [5.41, 5.74) is 6.29. The molecule has 0 atom stereocenters. The molecule has 0 saturated carbocycles. The van der Waals surface area contributed by atoms with Crippen LogP contribution in [0, 0.1) is 0 Å². The molecule has 4 nitrogen and oxygen atoms in total. The molecule has 1 heterocycles. The number of methoxy groups -OCH3 is 1. The van der Waals surface area contributed by atoms with Gasteiger partial charge in [-0.1, -0.05) is 63.2 Å². The molecule has 0 unspecified atom stereocenters. The van der Waals surface area contributed by atoms with Crippen LogP contribution in [-0.2, 0) is 16.6 Å². The molecule has 0 fully saturated rings. The van der Waals surface area contributed by atoms with Gasteiger partial charge in [-0.15, -0.1) is 0 Å². The van der Waals surface area contributed by atoms with Gasteiger partial charge in [-0.2, -0.15) is 0 Å². The fraction of sp³-hybridized carbons (Fsp3) is 0.231. The molecule has 0 aliphatic carbocycles. The maximum Gasteiger partial charge on any atom is 0.296 e. The smallest absolute Gasteiger partial charge is 0.296 e. The average molecular weight is 399 g/mol. The van der Waals surface area contributed by atoms with E-state index in [1.807, 2.05) is 36.4 Å². The van der Waals surface area contributed by atoms with E-state index in [0.717, 1.165) is 28.0 Å². The van der Waals surface area contributed by atoms with Crippen LogP contribution in [0.15, 0.2) is 60.7 Å². The summed E-state index contributed by atoms with van der Waals surface area (Å²) in [6.45, 7) is 6.55. The molecule has 1 N–H and O–H groups in total. The zero-order valence-corrected chi connectivity index (χ0v) is 17.7. The van der Waals surface area contributed by atoms with Gasteiger partial charge < -0.3 is 10.1 Å². The van der Waals surface area contributed by atoms with Crippen molar-refractivity contribution in [1.82, 2.24) is 0 Å². The SMILES string of the molecule is COc1ccc(Cc2c(-c3ccc(C(C)(C)C)cc3)ccc3c2C(=O)C(=O)N3)cc1. The molecule has 0 saturated heterocycles. The number of benzene rings is 3. The molecule has 4 heteroatoms. The summed E-state index contributed by atoms with van der Waals surface area (Å²) in [5, 5.41) is 2.69. The summed E-state index contributed by atoms with van der Waals surface area (Å²) in [4.78, 5) is 24.7. The Morgan fingerprint density at radius 2 is 1.53 bits per heavy atom. The quantitative estimate of drug-likeness (QED) is 0.599. The molecule has 1 amide bonds. The Morgan fingerprint density at radius 3 is 2.13 bits per heavy atom. The minimum Gasteiger partial charge on any atom is -0.497 e. The van der Waals surface area contributed by atoms with Crippen LogP contribution >= 0.6 is 0 Å². The van der Waals surface area contributed by atoms with Crippen molar-refractivity contribution in [2.75, 3.05) is 12.4 Å². The topological polar surface area (TPSA) is 55.4 Å². The Balaban J connectivity index is 1.82. The molecule has 1 aliphatic heterocycles. The normalized spacial score (nSPS) is 13.2. The Kier molecular flexibility index (Phi) is 4.94. The number of carbonyl (C=O) groups excluding carboxylic acids is 2. The highest BCUT2D eigenvalue weighted by molar-refractivity contribution is 6.52. The molecule has 0 radical (unpaired) electrons. The number of nitrogens with one attached hydrogen (secondary N) is 1. The van der Waals surface area contributed by atoms with Gasteiger partial charge in [0, 0.05) is 0 Å². The predicted molar refractivity (Wildman–Crippen MR) is 119 cm³/mol. The van der Waals surface area contributed by atoms with E-state index in [1.165, 1.54) is 5.56 Å². The number of carbonyl (C=O) groups is 2. The maximum atomic E-state index is 12.6. The van der Waals surface area contributed by atoms with Crippen molar-refractivity contribution in [3.8, 4) is 16.9 Å². The fourth-order valence-corrected chi connectivity index (χ4v) is 3.86. The van der Waals surface area contributed by atoms with Crippen LogP contribution < -0.4 is 10.1 Å². The van der Waals surface area contributed by atoms with Crippen molar-refractivity contribution in [1.29, 1.82) is 0 Å². The Morgan fingerprint density at radius 1 is 0.867 bits per heavy atom. The van der Waals surface area contributed by atoms with Crippen molar-refractivity contribution in [3.63, 3.8) is 0 Å². The number of anilines is 1. The van der Waals surface area contributed by atoms with E-state index >= 15 is 0 Å². The van der Waals surface area contributed by atoms with E-state index in [9.17, 15) is 9.59 Å². The highest BCUT2D eigenvalue weighted by Gasteiger charge is 2.32. The molecule has 3 aromatic rings. The lowest BCUT2D eigenvalue weighted by atomic mass is 9.85. The Hall–Kier alpha value is -3.40. The van der Waals surface area contributed by atoms with Crippen LogP contribution in [0.25, 0.3) is 11.1 Å². The molecule has 4 rings (SSSR count). The lowest BCUT2D eigenvalue weighted by Gasteiger charge is -2.20. The first-order valence-corrected chi connectivity index (χ1v) is 10.0. The zero-order valence-electron chi connectivity index (χ0n) is 17.7. The van der Waals surface area contributed by atoms with Crippen molar-refractivity contribution < 1.29 is 14.3 Å². The Bertz CT molecular complexity index is 1120. The second kappa shape index (κ2) is 7.45. The monoisotopic (exact) mass is 399 g/mol. The minimum atomic E-state index is -0.568. The van der Waals surface area contributed by atoms with E-state index in [0.29, 0.717) is 17.7 Å². The number of Topliss-reactive ketones (excluding diaryl/α,β-unsaturated/α-hetero) is 1. The van der Waals surface area contributed by atoms with Crippen LogP contribution in [0.5, 0.6) is 5.75 Å². The minimum absolute atomic E-state index is 0.0642. The van der Waals surface area contributed by atoms with Crippen LogP contribution in [0.1, 0.15) is 47.8 Å². The highest BCUT2D eigenvalue weighted by Crippen LogP contribution is 2.36. The van der Waals surface area contributed by atoms with Crippen LogP contribution in [-0.4, -0.2) is 18.8 Å². The zero-order chi connectivity index (χ0) is 21.5. The van der Waals surface area contributed by atoms with E-state index < -0.39 is 11.7 Å². The van der Waals surface area contributed by atoms with Crippen LogP contribution in [0.2, 0.25) is 0 Å². The standard InChI is InChI=1S/C26H25NO3/c1-26(2,3)18-9-7-17(8-10-18)20-13-14-22-23(24(28)25(29)27-22)21(20)15-16-5-11-19(30-4)12-6-16/h5-14H,15H2,1-4H3,(H,27,28,29). The third kappa shape index (κ3) is 3.61. The molecular formula is C26H25NO3. The lowest BCUT2D eigenvalue weighted by Crippen LogP contribution is -2.13. The summed E-state index contributed by atoms with van der Waals surface area (Å²) in [6.07, 6.45) is 0.546. The Labute approximate surface area is 176 Å². The molecule has 0 aromatic heterocycles. The summed E-state index contributed by atoms with van der Waals surface area (Å²) < 4.78 is 5.25. The molecular weight excluding hydrogens is 374 g/mol. The summed E-state index contributed by atoms with van der Waals surface area (Å²) >= 11 is 0. The second-order valence-corrected chi connectivity index (χ2v) is 8.65. The van der Waals surface area contributed by atoms with Crippen molar-refractivity contribution >= 4 is 17.4 Å². The van der Waals surface area contributed by atoms with Gasteiger partial charge in [0.1, 0.15) is 5.75 Å². The van der Waals surface area contributed by atoms with E-state index in [4.69, 9.17) is 4.74 Å². The number of rotatable bonds is 4. The van der Waals surface area contributed by atoms with Gasteiger partial charge in [0.05, 0.1) is 18.4 Å². The van der Waals surface area contributed by atoms with Crippen molar-refractivity contribution in [2.45, 2.75) is 32.6 Å². The third-order valence-electron chi connectivity index (χ3n) is 5.60. The number of ketones is 1. The third-order valence-corrected chi connectivity index (χ3v) is 5.60. The molecule has 0 spiro atoms. The first-order valence-electron chi connectivity index (χ1n) is 10.0. The molecule has 152 valence electrons. The van der Waals surface area contributed by atoms with Gasteiger partial charge in [0.25, 0.3) is 11.7 Å². The van der Waals surface area contributed by atoms with Gasteiger partial charge in [-0.05, 0) is 57.9 Å². The summed E-state index contributed by atoms with van der Waals surface area (Å²) in [6, 6.07) is 20.0. The van der Waals surface area contributed by atoms with Gasteiger partial charge in [-0.25, -0.2) is 0 Å². The molecule has 1 aliphatic rings. The maximum absolute atomic E-state index is 12.6. The van der Waals surface area contributed by atoms with E-state index in [-0.39, 0.29) is 5.41 Å².